The van der Waals surface area contributed by atoms with Crippen LogP contribution < -0.4 is 11.5 Å². The van der Waals surface area contributed by atoms with Crippen LogP contribution in [0, 0.1) is 6.92 Å². The zero-order chi connectivity index (χ0) is 9.14. The van der Waals surface area contributed by atoms with Gasteiger partial charge in [-0.1, -0.05) is 23.7 Å². The third kappa shape index (κ3) is 1.97. The van der Waals surface area contributed by atoms with Gasteiger partial charge in [0.15, 0.2) is 0 Å². The summed E-state index contributed by atoms with van der Waals surface area (Å²) in [4.78, 5) is 0. The third-order valence-corrected chi connectivity index (χ3v) is 2.29. The molecule has 0 aliphatic carbocycles. The molecule has 0 radical (unpaired) electrons. The Labute approximate surface area is 77.5 Å². The SMILES string of the molecule is Cc1cc([C@@H](N)CN)ccc1Cl. The van der Waals surface area contributed by atoms with Crippen molar-refractivity contribution in [2.24, 2.45) is 11.5 Å². The molecule has 0 aliphatic heterocycles. The largest absolute Gasteiger partial charge is 0.329 e. The van der Waals surface area contributed by atoms with Crippen LogP contribution in [0.3, 0.4) is 0 Å². The molecule has 0 bridgehead atoms. The fourth-order valence-electron chi connectivity index (χ4n) is 1.03. The Bertz CT molecular complexity index is 273. The molecule has 3 heteroatoms. The van der Waals surface area contributed by atoms with Crippen LogP contribution >= 0.6 is 11.6 Å². The van der Waals surface area contributed by atoms with Crippen LogP contribution in [0.1, 0.15) is 17.2 Å². The average molecular weight is 185 g/mol. The lowest BCUT2D eigenvalue weighted by Gasteiger charge is -2.09. The Kier molecular flexibility index (Phi) is 3.09. The monoisotopic (exact) mass is 184 g/mol. The van der Waals surface area contributed by atoms with Crippen molar-refractivity contribution in [2.45, 2.75) is 13.0 Å². The molecule has 1 aromatic carbocycles. The maximum atomic E-state index is 5.86. The molecule has 12 heavy (non-hydrogen) atoms. The summed E-state index contributed by atoms with van der Waals surface area (Å²) in [6, 6.07) is 5.65. The Morgan fingerprint density at radius 2 is 2.17 bits per heavy atom. The lowest BCUT2D eigenvalue weighted by Crippen LogP contribution is -2.20. The van der Waals surface area contributed by atoms with Crippen LogP contribution in [-0.2, 0) is 0 Å². The lowest BCUT2D eigenvalue weighted by molar-refractivity contribution is 0.736. The van der Waals surface area contributed by atoms with Crippen molar-refractivity contribution in [1.82, 2.24) is 0 Å². The number of benzene rings is 1. The highest BCUT2D eigenvalue weighted by molar-refractivity contribution is 6.31. The van der Waals surface area contributed by atoms with Crippen LogP contribution in [-0.4, -0.2) is 6.54 Å². The first kappa shape index (κ1) is 9.52. The molecule has 1 rings (SSSR count). The summed E-state index contributed by atoms with van der Waals surface area (Å²) in [6.07, 6.45) is 0. The molecule has 0 aliphatic rings. The van der Waals surface area contributed by atoms with E-state index in [1.807, 2.05) is 25.1 Å². The Morgan fingerprint density at radius 3 is 2.67 bits per heavy atom. The summed E-state index contributed by atoms with van der Waals surface area (Å²) in [6.45, 7) is 2.41. The maximum absolute atomic E-state index is 5.86. The summed E-state index contributed by atoms with van der Waals surface area (Å²) in [5.74, 6) is 0. The minimum absolute atomic E-state index is 0.0824. The van der Waals surface area contributed by atoms with Gasteiger partial charge in [-0.15, -0.1) is 0 Å². The molecular formula is C9H13ClN2. The second-order valence-electron chi connectivity index (χ2n) is 2.85. The van der Waals surface area contributed by atoms with Gasteiger partial charge in [0.1, 0.15) is 0 Å². The lowest BCUT2D eigenvalue weighted by atomic mass is 10.1. The molecule has 1 atom stereocenters. The van der Waals surface area contributed by atoms with Gasteiger partial charge in [-0.05, 0) is 24.1 Å². The zero-order valence-electron chi connectivity index (χ0n) is 7.05. The van der Waals surface area contributed by atoms with Crippen LogP contribution in [0.4, 0.5) is 0 Å². The summed E-state index contributed by atoms with van der Waals surface area (Å²) in [5.41, 5.74) is 13.3. The first-order valence-electron chi connectivity index (χ1n) is 3.87. The van der Waals surface area contributed by atoms with Gasteiger partial charge in [0.25, 0.3) is 0 Å². The molecule has 0 saturated carbocycles. The normalized spacial score (nSPS) is 13.0. The van der Waals surface area contributed by atoms with Crippen molar-refractivity contribution in [3.05, 3.63) is 34.3 Å². The highest BCUT2D eigenvalue weighted by Crippen LogP contribution is 2.18. The molecule has 66 valence electrons. The highest BCUT2D eigenvalue weighted by atomic mass is 35.5. The molecule has 4 N–H and O–H groups in total. The molecule has 0 unspecified atom stereocenters. The summed E-state index contributed by atoms with van der Waals surface area (Å²) < 4.78 is 0. The Balaban J connectivity index is 2.96. The predicted molar refractivity (Wildman–Crippen MR) is 52.2 cm³/mol. The van der Waals surface area contributed by atoms with Crippen molar-refractivity contribution in [3.8, 4) is 0 Å². The average Bonchev–Trinajstić information content (AvgIpc) is 2.08. The first-order chi connectivity index (χ1) is 5.65. The van der Waals surface area contributed by atoms with Crippen LogP contribution in [0.5, 0.6) is 0 Å². The van der Waals surface area contributed by atoms with E-state index in [0.29, 0.717) is 6.54 Å². The number of rotatable bonds is 2. The minimum atomic E-state index is -0.0824. The van der Waals surface area contributed by atoms with Gasteiger partial charge in [0.2, 0.25) is 0 Å². The van der Waals surface area contributed by atoms with E-state index in [2.05, 4.69) is 0 Å². The molecule has 1 aromatic rings. The second kappa shape index (κ2) is 3.90. The first-order valence-corrected chi connectivity index (χ1v) is 4.24. The van der Waals surface area contributed by atoms with Crippen molar-refractivity contribution in [2.75, 3.05) is 6.54 Å². The van der Waals surface area contributed by atoms with Crippen molar-refractivity contribution < 1.29 is 0 Å². The highest BCUT2D eigenvalue weighted by Gasteiger charge is 2.04. The van der Waals surface area contributed by atoms with E-state index in [1.165, 1.54) is 0 Å². The van der Waals surface area contributed by atoms with Crippen molar-refractivity contribution >= 4 is 11.6 Å². The molecule has 0 amide bonds. The summed E-state index contributed by atoms with van der Waals surface area (Å²) >= 11 is 5.86. The van der Waals surface area contributed by atoms with Gasteiger partial charge in [-0.3, -0.25) is 0 Å². The third-order valence-electron chi connectivity index (χ3n) is 1.86. The van der Waals surface area contributed by atoms with E-state index in [9.17, 15) is 0 Å². The van der Waals surface area contributed by atoms with E-state index in [1.54, 1.807) is 0 Å². The zero-order valence-corrected chi connectivity index (χ0v) is 7.81. The Hall–Kier alpha value is -0.570. The van der Waals surface area contributed by atoms with Gasteiger partial charge < -0.3 is 11.5 Å². The van der Waals surface area contributed by atoms with Gasteiger partial charge in [0.05, 0.1) is 0 Å². The van der Waals surface area contributed by atoms with Gasteiger partial charge in [0, 0.05) is 17.6 Å². The molecular weight excluding hydrogens is 172 g/mol. The Morgan fingerprint density at radius 1 is 1.50 bits per heavy atom. The second-order valence-corrected chi connectivity index (χ2v) is 3.26. The number of aryl methyl sites for hydroxylation is 1. The number of nitrogens with two attached hydrogens (primary N) is 2. The fourth-order valence-corrected chi connectivity index (χ4v) is 1.15. The van der Waals surface area contributed by atoms with Gasteiger partial charge >= 0.3 is 0 Å². The summed E-state index contributed by atoms with van der Waals surface area (Å²) in [5, 5.41) is 0.767. The molecule has 0 aromatic heterocycles. The predicted octanol–water partition coefficient (Wildman–Crippen LogP) is 1.61. The maximum Gasteiger partial charge on any atom is 0.0435 e. The van der Waals surface area contributed by atoms with Crippen molar-refractivity contribution in [1.29, 1.82) is 0 Å². The van der Waals surface area contributed by atoms with E-state index in [4.69, 9.17) is 23.1 Å². The number of hydrogen-bond donors (Lipinski definition) is 2. The van der Waals surface area contributed by atoms with Gasteiger partial charge in [-0.25, -0.2) is 0 Å². The number of halogens is 1. The quantitative estimate of drug-likeness (QED) is 0.734. The van der Waals surface area contributed by atoms with Crippen LogP contribution in [0.15, 0.2) is 18.2 Å². The molecule has 0 heterocycles. The van der Waals surface area contributed by atoms with Gasteiger partial charge in [-0.2, -0.15) is 0 Å². The molecule has 0 fully saturated rings. The smallest absolute Gasteiger partial charge is 0.0435 e. The van der Waals surface area contributed by atoms with E-state index < -0.39 is 0 Å². The van der Waals surface area contributed by atoms with E-state index in [-0.39, 0.29) is 6.04 Å². The van der Waals surface area contributed by atoms with E-state index in [0.717, 1.165) is 16.1 Å². The van der Waals surface area contributed by atoms with Crippen LogP contribution in [0.2, 0.25) is 5.02 Å². The standard InChI is InChI=1S/C9H13ClN2/c1-6-4-7(9(12)5-11)2-3-8(6)10/h2-4,9H,5,11-12H2,1H3/t9-/m0/s1. The van der Waals surface area contributed by atoms with E-state index >= 15 is 0 Å². The molecule has 0 spiro atoms. The minimum Gasteiger partial charge on any atom is -0.329 e. The van der Waals surface area contributed by atoms with Crippen molar-refractivity contribution in [3.63, 3.8) is 0 Å². The summed E-state index contributed by atoms with van der Waals surface area (Å²) in [7, 11) is 0. The molecule has 2 nitrogen and oxygen atoms in total. The topological polar surface area (TPSA) is 52.0 Å². The van der Waals surface area contributed by atoms with Crippen LogP contribution in [0.25, 0.3) is 0 Å². The molecule has 0 saturated heterocycles. The fraction of sp³-hybridized carbons (Fsp3) is 0.333. The number of hydrogen-bond acceptors (Lipinski definition) is 2.